The molecule has 4 heteroatoms. The normalized spacial score (nSPS) is 11.8. The molecule has 0 spiro atoms. The van der Waals surface area contributed by atoms with E-state index in [1.807, 2.05) is 56.3 Å². The van der Waals surface area contributed by atoms with Crippen molar-refractivity contribution in [2.24, 2.45) is 0 Å². The predicted molar refractivity (Wildman–Crippen MR) is 93.0 cm³/mol. The minimum absolute atomic E-state index is 0.146. The number of thiazole rings is 1. The fraction of sp³-hybridized carbons (Fsp3) is 0.158. The Kier molecular flexibility index (Phi) is 4.26. The third-order valence-electron chi connectivity index (χ3n) is 3.67. The van der Waals surface area contributed by atoms with Crippen LogP contribution in [0.25, 0.3) is 21.9 Å². The highest BCUT2D eigenvalue weighted by atomic mass is 32.1. The van der Waals surface area contributed by atoms with Gasteiger partial charge in [0.25, 0.3) is 0 Å². The molecule has 3 aromatic rings. The molecule has 0 bridgehead atoms. The van der Waals surface area contributed by atoms with Gasteiger partial charge in [-0.3, -0.25) is 0 Å². The summed E-state index contributed by atoms with van der Waals surface area (Å²) in [5.74, 6) is -1.10. The number of benzene rings is 2. The van der Waals surface area contributed by atoms with Crippen molar-refractivity contribution in [2.75, 3.05) is 0 Å². The summed E-state index contributed by atoms with van der Waals surface area (Å²) in [6, 6.07) is 13.9. The molecule has 0 aliphatic carbocycles. The van der Waals surface area contributed by atoms with Crippen molar-refractivity contribution in [1.29, 1.82) is 0 Å². The van der Waals surface area contributed by atoms with Gasteiger partial charge in [0.15, 0.2) is 0 Å². The van der Waals surface area contributed by atoms with Crippen molar-refractivity contribution in [3.8, 4) is 0 Å². The van der Waals surface area contributed by atoms with Crippen molar-refractivity contribution in [2.45, 2.75) is 20.3 Å². The molecule has 0 aliphatic rings. The van der Waals surface area contributed by atoms with Crippen LogP contribution in [0.3, 0.4) is 0 Å². The lowest BCUT2D eigenvalue weighted by atomic mass is 10.0. The monoisotopic (exact) mass is 322 g/mol. The summed E-state index contributed by atoms with van der Waals surface area (Å²) in [6.45, 7) is 4.03. The zero-order chi connectivity index (χ0) is 16.4. The third-order valence-corrected chi connectivity index (χ3v) is 4.78. The standard InChI is InChI=1S/C19H17NO2S/c1-12-7-8-13(2)14(9-12)10-15(11-18(21)22)19-20-16-5-3-4-6-17(16)23-19/h3-10H,11H2,1-2H3,(H,21,22)/p-1/b15-10+. The zero-order valence-corrected chi connectivity index (χ0v) is 13.8. The molecule has 23 heavy (non-hydrogen) atoms. The van der Waals surface area contributed by atoms with Gasteiger partial charge in [0.05, 0.1) is 10.2 Å². The van der Waals surface area contributed by atoms with Crippen LogP contribution in [0.2, 0.25) is 0 Å². The number of carbonyl (C=O) groups excluding carboxylic acids is 1. The number of para-hydroxylation sites is 1. The number of carboxylic acids is 1. The largest absolute Gasteiger partial charge is 0.550 e. The van der Waals surface area contributed by atoms with E-state index in [-0.39, 0.29) is 6.42 Å². The van der Waals surface area contributed by atoms with Crippen LogP contribution in [-0.4, -0.2) is 11.0 Å². The molecule has 0 saturated carbocycles. The SMILES string of the molecule is Cc1ccc(C)c(/C=C(\CC(=O)[O-])c2nc3ccccc3s2)c1. The molecule has 0 fully saturated rings. The highest BCUT2D eigenvalue weighted by Crippen LogP contribution is 2.30. The van der Waals surface area contributed by atoms with Crippen LogP contribution in [0.4, 0.5) is 0 Å². The lowest BCUT2D eigenvalue weighted by molar-refractivity contribution is -0.304. The fourth-order valence-corrected chi connectivity index (χ4v) is 3.44. The van der Waals surface area contributed by atoms with Crippen molar-refractivity contribution >= 4 is 39.2 Å². The topological polar surface area (TPSA) is 53.0 Å². The Morgan fingerprint density at radius 3 is 2.74 bits per heavy atom. The number of fused-ring (bicyclic) bond motifs is 1. The van der Waals surface area contributed by atoms with E-state index >= 15 is 0 Å². The van der Waals surface area contributed by atoms with Gasteiger partial charge in [-0.1, -0.05) is 35.9 Å². The molecule has 3 rings (SSSR count). The average Bonchev–Trinajstić information content (AvgIpc) is 2.93. The number of hydrogen-bond acceptors (Lipinski definition) is 4. The van der Waals surface area contributed by atoms with E-state index in [1.54, 1.807) is 0 Å². The molecule has 0 unspecified atom stereocenters. The Labute approximate surface area is 138 Å². The molecule has 0 atom stereocenters. The van der Waals surface area contributed by atoms with Gasteiger partial charge in [0, 0.05) is 12.4 Å². The molecule has 0 amide bonds. The van der Waals surface area contributed by atoms with Crippen LogP contribution < -0.4 is 5.11 Å². The molecular weight excluding hydrogens is 306 g/mol. The van der Waals surface area contributed by atoms with E-state index < -0.39 is 5.97 Å². The lowest BCUT2D eigenvalue weighted by Gasteiger charge is -2.08. The molecule has 116 valence electrons. The van der Waals surface area contributed by atoms with E-state index in [0.717, 1.165) is 31.9 Å². The van der Waals surface area contributed by atoms with Gasteiger partial charge in [-0.15, -0.1) is 11.3 Å². The highest BCUT2D eigenvalue weighted by molar-refractivity contribution is 7.19. The number of aryl methyl sites for hydroxylation is 2. The van der Waals surface area contributed by atoms with Gasteiger partial charge >= 0.3 is 0 Å². The number of hydrogen-bond donors (Lipinski definition) is 0. The predicted octanol–water partition coefficient (Wildman–Crippen LogP) is 3.59. The maximum atomic E-state index is 11.2. The quantitative estimate of drug-likeness (QED) is 0.737. The Morgan fingerprint density at radius 2 is 2.00 bits per heavy atom. The summed E-state index contributed by atoms with van der Waals surface area (Å²) in [4.78, 5) is 15.7. The van der Waals surface area contributed by atoms with Gasteiger partial charge < -0.3 is 9.90 Å². The summed E-state index contributed by atoms with van der Waals surface area (Å²) in [7, 11) is 0. The fourth-order valence-electron chi connectivity index (χ4n) is 2.46. The Balaban J connectivity index is 2.11. The van der Waals surface area contributed by atoms with Crippen molar-refractivity contribution < 1.29 is 9.90 Å². The van der Waals surface area contributed by atoms with Crippen LogP contribution in [-0.2, 0) is 4.79 Å². The molecule has 0 aliphatic heterocycles. The highest BCUT2D eigenvalue weighted by Gasteiger charge is 2.10. The first-order valence-corrected chi connectivity index (χ1v) is 8.18. The first kappa shape index (κ1) is 15.4. The molecular formula is C19H16NO2S-. The molecule has 1 heterocycles. The summed E-state index contributed by atoms with van der Waals surface area (Å²) in [5, 5.41) is 11.9. The second kappa shape index (κ2) is 6.34. The Hall–Kier alpha value is -2.46. The van der Waals surface area contributed by atoms with Gasteiger partial charge in [-0.25, -0.2) is 4.98 Å². The van der Waals surface area contributed by atoms with Crippen LogP contribution in [0.5, 0.6) is 0 Å². The lowest BCUT2D eigenvalue weighted by Crippen LogP contribution is -2.22. The van der Waals surface area contributed by atoms with Crippen LogP contribution in [0, 0.1) is 13.8 Å². The summed E-state index contributed by atoms with van der Waals surface area (Å²) in [6.07, 6.45) is 1.77. The second-order valence-corrected chi connectivity index (χ2v) is 6.60. The van der Waals surface area contributed by atoms with E-state index in [0.29, 0.717) is 5.57 Å². The van der Waals surface area contributed by atoms with Crippen LogP contribution in [0.15, 0.2) is 42.5 Å². The Morgan fingerprint density at radius 1 is 1.22 bits per heavy atom. The van der Waals surface area contributed by atoms with Crippen LogP contribution >= 0.6 is 11.3 Å². The van der Waals surface area contributed by atoms with E-state index in [2.05, 4.69) is 11.1 Å². The minimum Gasteiger partial charge on any atom is -0.550 e. The van der Waals surface area contributed by atoms with Crippen molar-refractivity contribution in [3.05, 3.63) is 64.2 Å². The summed E-state index contributed by atoms with van der Waals surface area (Å²) >= 11 is 1.51. The Bertz CT molecular complexity index is 876. The average molecular weight is 322 g/mol. The first-order chi connectivity index (χ1) is 11.0. The number of aliphatic carboxylic acids is 1. The zero-order valence-electron chi connectivity index (χ0n) is 13.0. The van der Waals surface area contributed by atoms with Crippen molar-refractivity contribution in [1.82, 2.24) is 4.98 Å². The molecule has 0 radical (unpaired) electrons. The van der Waals surface area contributed by atoms with E-state index in [4.69, 9.17) is 0 Å². The smallest absolute Gasteiger partial charge is 0.120 e. The maximum Gasteiger partial charge on any atom is 0.120 e. The molecule has 3 nitrogen and oxygen atoms in total. The van der Waals surface area contributed by atoms with E-state index in [1.165, 1.54) is 11.3 Å². The number of carboxylic acid groups (broad SMARTS) is 1. The summed E-state index contributed by atoms with van der Waals surface area (Å²) < 4.78 is 1.05. The molecule has 2 aromatic carbocycles. The molecule has 0 saturated heterocycles. The van der Waals surface area contributed by atoms with Gasteiger partial charge in [-0.2, -0.15) is 0 Å². The van der Waals surface area contributed by atoms with Gasteiger partial charge in [0.1, 0.15) is 5.01 Å². The maximum absolute atomic E-state index is 11.2. The van der Waals surface area contributed by atoms with E-state index in [9.17, 15) is 9.90 Å². The number of nitrogens with zero attached hydrogens (tertiary/aromatic N) is 1. The van der Waals surface area contributed by atoms with Gasteiger partial charge in [-0.05, 0) is 48.8 Å². The summed E-state index contributed by atoms with van der Waals surface area (Å²) in [5.41, 5.74) is 4.82. The minimum atomic E-state index is -1.10. The number of carbonyl (C=O) groups is 1. The third kappa shape index (κ3) is 3.48. The second-order valence-electron chi connectivity index (χ2n) is 5.57. The van der Waals surface area contributed by atoms with Crippen molar-refractivity contribution in [3.63, 3.8) is 0 Å². The van der Waals surface area contributed by atoms with Gasteiger partial charge in [0.2, 0.25) is 0 Å². The molecule has 0 N–H and O–H groups in total. The van der Waals surface area contributed by atoms with Crippen LogP contribution in [0.1, 0.15) is 28.1 Å². The number of rotatable bonds is 4. The number of aromatic nitrogens is 1. The first-order valence-electron chi connectivity index (χ1n) is 7.36. The molecule has 1 aromatic heterocycles.